The molecule has 1 rings (SSSR count). The molecule has 0 amide bonds. The highest BCUT2D eigenvalue weighted by Crippen LogP contribution is 2.16. The van der Waals surface area contributed by atoms with E-state index in [1.165, 1.54) is 6.92 Å². The Labute approximate surface area is 92.4 Å². The van der Waals surface area contributed by atoms with Gasteiger partial charge in [-0.05, 0) is 35.4 Å². The van der Waals surface area contributed by atoms with Gasteiger partial charge in [0.25, 0.3) is 0 Å². The summed E-state index contributed by atoms with van der Waals surface area (Å²) in [5, 5.41) is 0. The van der Waals surface area contributed by atoms with E-state index in [1.54, 1.807) is 29.7 Å². The van der Waals surface area contributed by atoms with Gasteiger partial charge in [0, 0.05) is 26.9 Å². The van der Waals surface area contributed by atoms with E-state index in [0.717, 1.165) is 25.7 Å². The van der Waals surface area contributed by atoms with Gasteiger partial charge < -0.3 is 4.74 Å². The van der Waals surface area contributed by atoms with Gasteiger partial charge in [0.05, 0.1) is 6.10 Å². The fraction of sp³-hybridized carbons (Fsp3) is 0.778. The summed E-state index contributed by atoms with van der Waals surface area (Å²) in [6, 6.07) is 0. The molecule has 0 unspecified atom stereocenters. The summed E-state index contributed by atoms with van der Waals surface area (Å²) in [5.74, 6) is 0.392. The van der Waals surface area contributed by atoms with Crippen molar-refractivity contribution in [1.29, 1.82) is 0 Å². The molecular weight excluding hydrogens is 283 g/mol. The molecule has 1 aliphatic rings. The molecule has 1 aliphatic carbocycles. The maximum atomic E-state index is 10.7. The average Bonchev–Trinajstić information content (AvgIpc) is 2.05. The van der Waals surface area contributed by atoms with Gasteiger partial charge in [-0.2, -0.15) is 0 Å². The number of ketones is 1. The first-order valence-corrected chi connectivity index (χ1v) is 5.34. The largest absolute Gasteiger partial charge is 0.381 e. The predicted molar refractivity (Wildman–Crippen MR) is 59.0 cm³/mol. The topological polar surface area (TPSA) is 43.4 Å². The molecule has 76 valence electrons. The van der Waals surface area contributed by atoms with Gasteiger partial charge in [-0.1, -0.05) is 0 Å². The monoisotopic (exact) mass is 298 g/mol. The van der Waals surface area contributed by atoms with E-state index in [9.17, 15) is 9.59 Å². The molecular formula is C9H15IO3. The van der Waals surface area contributed by atoms with Crippen LogP contribution in [-0.4, -0.2) is 22.8 Å². The Hall–Kier alpha value is 0.0300. The van der Waals surface area contributed by atoms with Crippen molar-refractivity contribution in [2.75, 3.05) is 7.11 Å². The first-order valence-electron chi connectivity index (χ1n) is 4.26. The van der Waals surface area contributed by atoms with E-state index in [0.29, 0.717) is 11.9 Å². The van der Waals surface area contributed by atoms with Crippen LogP contribution in [0.2, 0.25) is 0 Å². The molecule has 0 aromatic heterocycles. The Balaban J connectivity index is 0.000000310. The van der Waals surface area contributed by atoms with Crippen LogP contribution in [0.25, 0.3) is 0 Å². The zero-order valence-electron chi connectivity index (χ0n) is 8.01. The number of rotatable bonds is 1. The van der Waals surface area contributed by atoms with Gasteiger partial charge in [-0.15, -0.1) is 0 Å². The zero-order valence-corrected chi connectivity index (χ0v) is 10.2. The van der Waals surface area contributed by atoms with E-state index in [1.807, 2.05) is 0 Å². The third kappa shape index (κ3) is 8.36. The summed E-state index contributed by atoms with van der Waals surface area (Å²) in [7, 11) is 1.71. The Morgan fingerprint density at radius 3 is 2.15 bits per heavy atom. The van der Waals surface area contributed by atoms with Crippen LogP contribution in [0.4, 0.5) is 0 Å². The van der Waals surface area contributed by atoms with Crippen LogP contribution in [-0.2, 0) is 14.3 Å². The number of hydrogen-bond donors (Lipinski definition) is 0. The lowest BCUT2D eigenvalue weighted by atomic mass is 9.97. The van der Waals surface area contributed by atoms with Crippen LogP contribution in [0, 0.1) is 0 Å². The van der Waals surface area contributed by atoms with E-state index >= 15 is 0 Å². The van der Waals surface area contributed by atoms with Crippen molar-refractivity contribution in [3.63, 3.8) is 0 Å². The van der Waals surface area contributed by atoms with Crippen LogP contribution in [0.15, 0.2) is 0 Å². The lowest BCUT2D eigenvalue weighted by Gasteiger charge is -2.18. The number of carbonyl (C=O) groups excluding carboxylic acids is 2. The molecule has 0 heterocycles. The zero-order chi connectivity index (χ0) is 10.3. The van der Waals surface area contributed by atoms with Crippen molar-refractivity contribution in [1.82, 2.24) is 0 Å². The van der Waals surface area contributed by atoms with E-state index in [2.05, 4.69) is 0 Å². The Morgan fingerprint density at radius 1 is 1.46 bits per heavy atom. The lowest BCUT2D eigenvalue weighted by Crippen LogP contribution is -2.19. The van der Waals surface area contributed by atoms with Crippen molar-refractivity contribution in [3.05, 3.63) is 0 Å². The summed E-state index contributed by atoms with van der Waals surface area (Å²) >= 11 is 1.70. The van der Waals surface area contributed by atoms with E-state index < -0.39 is 0 Å². The van der Waals surface area contributed by atoms with Crippen LogP contribution < -0.4 is 0 Å². The summed E-state index contributed by atoms with van der Waals surface area (Å²) in [6.45, 7) is 1.51. The third-order valence-electron chi connectivity index (χ3n) is 1.82. The van der Waals surface area contributed by atoms with Gasteiger partial charge in [0.2, 0.25) is 0 Å². The second-order valence-corrected chi connectivity index (χ2v) is 4.46. The number of ether oxygens (including phenoxy) is 1. The first-order chi connectivity index (χ1) is 6.06. The molecule has 1 saturated carbocycles. The minimum atomic E-state index is 0.137. The number of methoxy groups -OCH3 is 1. The molecule has 0 aromatic carbocycles. The Kier molecular flexibility index (Phi) is 7.45. The molecule has 0 bridgehead atoms. The quantitative estimate of drug-likeness (QED) is 0.550. The van der Waals surface area contributed by atoms with Gasteiger partial charge in [0.1, 0.15) is 5.78 Å². The second-order valence-electron chi connectivity index (χ2n) is 2.94. The van der Waals surface area contributed by atoms with Crippen LogP contribution in [0.3, 0.4) is 0 Å². The molecule has 0 spiro atoms. The molecule has 0 aromatic rings. The predicted octanol–water partition coefficient (Wildman–Crippen LogP) is 2.11. The Bertz CT molecular complexity index is 166. The molecule has 0 aliphatic heterocycles. The molecule has 1 fully saturated rings. The van der Waals surface area contributed by atoms with Gasteiger partial charge >= 0.3 is 0 Å². The van der Waals surface area contributed by atoms with Crippen LogP contribution in [0.1, 0.15) is 32.6 Å². The first kappa shape index (κ1) is 13.0. The van der Waals surface area contributed by atoms with Crippen molar-refractivity contribution >= 4 is 32.2 Å². The molecule has 0 saturated heterocycles. The van der Waals surface area contributed by atoms with E-state index in [4.69, 9.17) is 4.74 Å². The summed E-state index contributed by atoms with van der Waals surface area (Å²) in [4.78, 5) is 20.1. The maximum Gasteiger partial charge on any atom is 0.189 e. The summed E-state index contributed by atoms with van der Waals surface area (Å²) in [6.07, 6.45) is 3.64. The smallest absolute Gasteiger partial charge is 0.189 e. The van der Waals surface area contributed by atoms with Crippen LogP contribution in [0.5, 0.6) is 0 Å². The molecule has 0 atom stereocenters. The second kappa shape index (κ2) is 7.44. The molecule has 0 N–H and O–H groups in total. The maximum absolute atomic E-state index is 10.7. The average molecular weight is 298 g/mol. The minimum Gasteiger partial charge on any atom is -0.381 e. The van der Waals surface area contributed by atoms with Crippen molar-refractivity contribution in [2.45, 2.75) is 38.7 Å². The summed E-state index contributed by atoms with van der Waals surface area (Å²) in [5.41, 5.74) is 0. The third-order valence-corrected chi connectivity index (χ3v) is 1.82. The van der Waals surface area contributed by atoms with Crippen molar-refractivity contribution in [3.8, 4) is 0 Å². The number of halogens is 1. The fourth-order valence-corrected chi connectivity index (χ4v) is 1.15. The fourth-order valence-electron chi connectivity index (χ4n) is 1.15. The van der Waals surface area contributed by atoms with Crippen LogP contribution >= 0.6 is 22.6 Å². The summed E-state index contributed by atoms with van der Waals surface area (Å²) < 4.78 is 5.22. The normalized spacial score (nSPS) is 17.6. The van der Waals surface area contributed by atoms with Gasteiger partial charge in [0.15, 0.2) is 3.79 Å². The number of hydrogen-bond acceptors (Lipinski definition) is 3. The molecule has 13 heavy (non-hydrogen) atoms. The van der Waals surface area contributed by atoms with Crippen molar-refractivity contribution in [2.24, 2.45) is 0 Å². The minimum absolute atomic E-state index is 0.137. The lowest BCUT2D eigenvalue weighted by molar-refractivity contribution is -0.122. The SMILES string of the molecule is CC(=O)I.COC1CCC(=O)CC1. The molecule has 4 heteroatoms. The standard InChI is InChI=1S/C7H12O2.C2H3IO/c1-9-7-4-2-6(8)3-5-7;1-2(3)4/h7H,2-5H2,1H3;1H3. The van der Waals surface area contributed by atoms with Gasteiger partial charge in [-0.25, -0.2) is 0 Å². The highest BCUT2D eigenvalue weighted by Gasteiger charge is 2.17. The van der Waals surface area contributed by atoms with E-state index in [-0.39, 0.29) is 3.79 Å². The van der Waals surface area contributed by atoms with Crippen molar-refractivity contribution < 1.29 is 14.3 Å². The Morgan fingerprint density at radius 2 is 1.85 bits per heavy atom. The number of Topliss-reactive ketones (excluding diaryl/α,β-unsaturated/α-hetero) is 1. The molecule has 3 nitrogen and oxygen atoms in total. The molecule has 0 radical (unpaired) electrons. The highest BCUT2D eigenvalue weighted by atomic mass is 127. The highest BCUT2D eigenvalue weighted by molar-refractivity contribution is 14.1. The van der Waals surface area contributed by atoms with Gasteiger partial charge in [-0.3, -0.25) is 9.59 Å². The number of carbonyl (C=O) groups is 2.